The maximum absolute atomic E-state index is 13.9. The van der Waals surface area contributed by atoms with E-state index in [0.717, 1.165) is 21.7 Å². The van der Waals surface area contributed by atoms with Crippen molar-refractivity contribution in [3.63, 3.8) is 0 Å². The number of carboxylic acid groups (broad SMARTS) is 1. The number of thiophene rings is 1. The number of anilines is 1. The summed E-state index contributed by atoms with van der Waals surface area (Å²) in [4.78, 5) is 48.0. The lowest BCUT2D eigenvalue weighted by Gasteiger charge is -2.47. The summed E-state index contributed by atoms with van der Waals surface area (Å²) in [5.74, 6) is -0.343. The van der Waals surface area contributed by atoms with Gasteiger partial charge in [-0.1, -0.05) is 30.3 Å². The molecule has 5 rings (SSSR count). The number of rotatable bonds is 5. The van der Waals surface area contributed by atoms with Crippen LogP contribution in [0.25, 0.3) is 10.4 Å². The van der Waals surface area contributed by atoms with E-state index in [1.54, 1.807) is 38.1 Å². The Morgan fingerprint density at radius 3 is 2.38 bits per heavy atom. The van der Waals surface area contributed by atoms with Crippen LogP contribution >= 0.6 is 11.3 Å². The largest absolute Gasteiger partial charge is 0.465 e. The number of pyridine rings is 1. The Kier molecular flexibility index (Phi) is 7.07. The Hall–Kier alpha value is -3.92. The summed E-state index contributed by atoms with van der Waals surface area (Å²) in [5, 5.41) is 16.8. The van der Waals surface area contributed by atoms with Gasteiger partial charge in [-0.2, -0.15) is 0 Å². The molecule has 2 aromatic heterocycles. The van der Waals surface area contributed by atoms with Crippen molar-refractivity contribution in [1.82, 2.24) is 20.1 Å². The highest BCUT2D eigenvalue weighted by atomic mass is 32.1. The van der Waals surface area contributed by atoms with E-state index in [-0.39, 0.29) is 18.2 Å². The van der Waals surface area contributed by atoms with Crippen molar-refractivity contribution in [2.24, 2.45) is 0 Å². The van der Waals surface area contributed by atoms with E-state index in [0.29, 0.717) is 30.8 Å². The molecule has 3 N–H and O–H groups in total. The first-order valence-electron chi connectivity index (χ1n) is 13.1. The van der Waals surface area contributed by atoms with Crippen LogP contribution in [0.2, 0.25) is 0 Å². The Morgan fingerprint density at radius 1 is 1.10 bits per heavy atom. The molecule has 0 radical (unpaired) electrons. The molecule has 1 atom stereocenters. The molecule has 10 heteroatoms. The van der Waals surface area contributed by atoms with Crippen LogP contribution in [0.3, 0.4) is 0 Å². The predicted octanol–water partition coefficient (Wildman–Crippen LogP) is 4.67. The summed E-state index contributed by atoms with van der Waals surface area (Å²) in [6.07, 6.45) is 3.63. The molecule has 2 aliphatic heterocycles. The second kappa shape index (κ2) is 10.3. The van der Waals surface area contributed by atoms with E-state index >= 15 is 0 Å². The lowest BCUT2D eigenvalue weighted by Crippen LogP contribution is -2.64. The van der Waals surface area contributed by atoms with Gasteiger partial charge in [-0.25, -0.2) is 4.79 Å². The van der Waals surface area contributed by atoms with E-state index in [9.17, 15) is 19.5 Å². The van der Waals surface area contributed by atoms with Gasteiger partial charge in [0.2, 0.25) is 5.91 Å². The fourth-order valence-corrected chi connectivity index (χ4v) is 6.47. The van der Waals surface area contributed by atoms with Gasteiger partial charge >= 0.3 is 6.09 Å². The molecule has 1 spiro atoms. The van der Waals surface area contributed by atoms with Gasteiger partial charge in [0.1, 0.15) is 16.6 Å². The SMILES string of the molecule is CC(C)(C)N(C(=O)O)[C@@H](Cc1ccccc1)C(=O)N1CCC2(CC1)NC(=O)c1sc(-c3ccncc3)cc1N2. The zero-order chi connectivity index (χ0) is 27.8. The number of nitrogens with zero attached hydrogens (tertiary/aromatic N) is 3. The van der Waals surface area contributed by atoms with Crippen LogP contribution in [-0.2, 0) is 11.2 Å². The van der Waals surface area contributed by atoms with Crippen molar-refractivity contribution in [2.75, 3.05) is 18.4 Å². The molecule has 1 saturated heterocycles. The van der Waals surface area contributed by atoms with Gasteiger partial charge in [0.25, 0.3) is 5.91 Å². The molecule has 4 heterocycles. The molecule has 204 valence electrons. The Balaban J connectivity index is 1.34. The van der Waals surface area contributed by atoms with Crippen molar-refractivity contribution in [2.45, 2.75) is 57.3 Å². The summed E-state index contributed by atoms with van der Waals surface area (Å²) < 4.78 is 0. The normalized spacial score (nSPS) is 17.1. The van der Waals surface area contributed by atoms with Crippen LogP contribution in [-0.4, -0.2) is 68.1 Å². The molecule has 1 fully saturated rings. The number of carbonyl (C=O) groups excluding carboxylic acids is 2. The first-order chi connectivity index (χ1) is 18.6. The van der Waals surface area contributed by atoms with Crippen LogP contribution in [0, 0.1) is 0 Å². The number of hydrogen-bond donors (Lipinski definition) is 3. The van der Waals surface area contributed by atoms with Gasteiger partial charge < -0.3 is 20.6 Å². The highest BCUT2D eigenvalue weighted by molar-refractivity contribution is 7.18. The number of piperidine rings is 1. The van der Waals surface area contributed by atoms with Gasteiger partial charge in [-0.3, -0.25) is 19.5 Å². The number of aromatic nitrogens is 1. The Morgan fingerprint density at radius 2 is 1.77 bits per heavy atom. The summed E-state index contributed by atoms with van der Waals surface area (Å²) in [5.41, 5.74) is 1.26. The topological polar surface area (TPSA) is 115 Å². The summed E-state index contributed by atoms with van der Waals surface area (Å²) in [6, 6.07) is 14.5. The first kappa shape index (κ1) is 26.7. The third-order valence-corrected chi connectivity index (χ3v) is 8.54. The fourth-order valence-electron chi connectivity index (χ4n) is 5.46. The minimum atomic E-state index is -1.12. The number of likely N-dealkylation sites (tertiary alicyclic amines) is 1. The fraction of sp³-hybridized carbons (Fsp3) is 0.379. The van der Waals surface area contributed by atoms with E-state index in [1.807, 2.05) is 48.5 Å². The molecular formula is C29H33N5O4S. The lowest BCUT2D eigenvalue weighted by molar-refractivity contribution is -0.139. The summed E-state index contributed by atoms with van der Waals surface area (Å²) in [6.45, 7) is 6.20. The third kappa shape index (κ3) is 5.47. The van der Waals surface area contributed by atoms with E-state index in [1.165, 1.54) is 16.2 Å². The average molecular weight is 548 g/mol. The molecule has 39 heavy (non-hydrogen) atoms. The molecule has 9 nitrogen and oxygen atoms in total. The number of carbonyl (C=O) groups is 3. The minimum absolute atomic E-state index is 0.124. The smallest absolute Gasteiger partial charge is 0.408 e. The van der Waals surface area contributed by atoms with Crippen LogP contribution in [0.4, 0.5) is 10.5 Å². The highest BCUT2D eigenvalue weighted by Gasteiger charge is 2.45. The summed E-state index contributed by atoms with van der Waals surface area (Å²) in [7, 11) is 0. The zero-order valence-corrected chi connectivity index (χ0v) is 23.1. The average Bonchev–Trinajstić information content (AvgIpc) is 3.33. The first-order valence-corrected chi connectivity index (χ1v) is 13.9. The Labute approximate surface area is 231 Å². The standard InChI is InChI=1S/C29H33N5O4S/c1-28(2,3)34(27(37)38)22(17-19-7-5-4-6-8-19)26(36)33-15-11-29(12-16-33)31-21-18-23(20-9-13-30-14-10-20)39-24(21)25(35)32-29/h4-10,13-14,18,22,31H,11-12,15-17H2,1-3H3,(H,32,35)(H,37,38)/t22-/m0/s1. The second-order valence-corrected chi connectivity index (χ2v) is 12.2. The van der Waals surface area contributed by atoms with Crippen LogP contribution in [0.5, 0.6) is 0 Å². The van der Waals surface area contributed by atoms with Crippen LogP contribution < -0.4 is 10.6 Å². The van der Waals surface area contributed by atoms with Crippen molar-refractivity contribution in [3.05, 3.63) is 71.4 Å². The molecular weight excluding hydrogens is 514 g/mol. The number of nitrogens with one attached hydrogen (secondary N) is 2. The molecule has 0 unspecified atom stereocenters. The number of fused-ring (bicyclic) bond motifs is 1. The molecule has 3 amide bonds. The molecule has 0 aliphatic carbocycles. The number of benzene rings is 1. The number of amides is 3. The van der Waals surface area contributed by atoms with Crippen molar-refractivity contribution in [3.8, 4) is 10.4 Å². The molecule has 1 aromatic carbocycles. The van der Waals surface area contributed by atoms with Gasteiger partial charge in [0, 0.05) is 55.2 Å². The maximum Gasteiger partial charge on any atom is 0.408 e. The quantitative estimate of drug-likeness (QED) is 0.428. The van der Waals surface area contributed by atoms with Crippen molar-refractivity contribution in [1.29, 1.82) is 0 Å². The highest BCUT2D eigenvalue weighted by Crippen LogP contribution is 2.40. The molecule has 2 aliphatic rings. The molecule has 3 aromatic rings. The predicted molar refractivity (Wildman–Crippen MR) is 151 cm³/mol. The van der Waals surface area contributed by atoms with Gasteiger partial charge in [-0.05, 0) is 50.1 Å². The molecule has 0 bridgehead atoms. The van der Waals surface area contributed by atoms with Crippen LogP contribution in [0.1, 0.15) is 48.8 Å². The van der Waals surface area contributed by atoms with E-state index in [4.69, 9.17) is 0 Å². The Bertz CT molecular complexity index is 1360. The lowest BCUT2D eigenvalue weighted by atomic mass is 9.92. The van der Waals surface area contributed by atoms with Gasteiger partial charge in [0.15, 0.2) is 0 Å². The number of hydrogen-bond acceptors (Lipinski definition) is 6. The van der Waals surface area contributed by atoms with Gasteiger partial charge in [0.05, 0.1) is 5.69 Å². The maximum atomic E-state index is 13.9. The van der Waals surface area contributed by atoms with Crippen LogP contribution in [0.15, 0.2) is 60.9 Å². The minimum Gasteiger partial charge on any atom is -0.465 e. The van der Waals surface area contributed by atoms with Crippen molar-refractivity contribution < 1.29 is 19.5 Å². The van der Waals surface area contributed by atoms with Gasteiger partial charge in [-0.15, -0.1) is 11.3 Å². The van der Waals surface area contributed by atoms with E-state index in [2.05, 4.69) is 15.6 Å². The van der Waals surface area contributed by atoms with E-state index < -0.39 is 23.3 Å². The second-order valence-electron chi connectivity index (χ2n) is 11.1. The summed E-state index contributed by atoms with van der Waals surface area (Å²) >= 11 is 1.43. The monoisotopic (exact) mass is 547 g/mol. The van der Waals surface area contributed by atoms with Crippen molar-refractivity contribution >= 4 is 34.9 Å². The third-order valence-electron chi connectivity index (χ3n) is 7.36. The molecule has 0 saturated carbocycles. The zero-order valence-electron chi connectivity index (χ0n) is 22.3.